The quantitative estimate of drug-likeness (QED) is 0.478. The van der Waals surface area contributed by atoms with Crippen LogP contribution in [0.1, 0.15) is 33.3 Å². The van der Waals surface area contributed by atoms with Gasteiger partial charge in [0.05, 0.1) is 7.11 Å². The molecule has 0 heterocycles. The van der Waals surface area contributed by atoms with Crippen LogP contribution >= 0.6 is 0 Å². The highest BCUT2D eigenvalue weighted by atomic mass is 19.3. The van der Waals surface area contributed by atoms with Crippen molar-refractivity contribution in [3.8, 4) is 11.5 Å². The Morgan fingerprint density at radius 1 is 1.15 bits per heavy atom. The Morgan fingerprint density at radius 2 is 1.81 bits per heavy atom. The van der Waals surface area contributed by atoms with Crippen molar-refractivity contribution in [1.29, 1.82) is 0 Å². The average molecular weight is 386 g/mol. The second kappa shape index (κ2) is 11.6. The van der Waals surface area contributed by atoms with E-state index in [-0.39, 0.29) is 12.3 Å². The Kier molecular flexibility index (Phi) is 9.85. The molecule has 0 amide bonds. The highest BCUT2D eigenvalue weighted by Gasteiger charge is 2.14. The molecule has 1 aromatic rings. The van der Waals surface area contributed by atoms with Gasteiger partial charge in [-0.15, -0.1) is 0 Å². The molecule has 0 radical (unpaired) electrons. The van der Waals surface area contributed by atoms with Crippen molar-refractivity contribution in [2.45, 2.75) is 52.9 Å². The van der Waals surface area contributed by atoms with Crippen LogP contribution in [0.3, 0.4) is 0 Å². The van der Waals surface area contributed by atoms with Crippen molar-refractivity contribution in [1.82, 2.24) is 15.5 Å². The fourth-order valence-corrected chi connectivity index (χ4v) is 2.85. The molecule has 6 nitrogen and oxygen atoms in total. The molecular formula is C19H32F2N4O2. The molecule has 0 unspecified atom stereocenters. The first-order valence-corrected chi connectivity index (χ1v) is 9.10. The first-order chi connectivity index (χ1) is 12.8. The molecule has 0 spiro atoms. The highest BCUT2D eigenvalue weighted by Crippen LogP contribution is 2.25. The maximum Gasteiger partial charge on any atom is 0.387 e. The predicted octanol–water partition coefficient (Wildman–Crippen LogP) is 3.08. The van der Waals surface area contributed by atoms with Gasteiger partial charge in [-0.3, -0.25) is 9.89 Å². The number of guanidine groups is 1. The summed E-state index contributed by atoms with van der Waals surface area (Å²) >= 11 is 0. The van der Waals surface area contributed by atoms with Crippen molar-refractivity contribution in [3.05, 3.63) is 23.8 Å². The van der Waals surface area contributed by atoms with Gasteiger partial charge in [0.2, 0.25) is 0 Å². The van der Waals surface area contributed by atoms with Crippen LogP contribution in [0.2, 0.25) is 0 Å². The molecule has 2 N–H and O–H groups in total. The van der Waals surface area contributed by atoms with E-state index in [2.05, 4.69) is 53.0 Å². The summed E-state index contributed by atoms with van der Waals surface area (Å²) in [5.41, 5.74) is 0.559. The van der Waals surface area contributed by atoms with Crippen molar-refractivity contribution >= 4 is 5.96 Å². The van der Waals surface area contributed by atoms with E-state index in [9.17, 15) is 8.78 Å². The zero-order valence-electron chi connectivity index (χ0n) is 17.1. The normalized spacial score (nSPS) is 12.2. The van der Waals surface area contributed by atoms with Crippen LogP contribution in [0, 0.1) is 0 Å². The number of hydrogen-bond donors (Lipinski definition) is 2. The standard InChI is InChI=1S/C19H32F2N4O2/c1-13(2)25(14(3)4)10-9-23-19(22-5)24-12-15-11-16(26-6)7-8-17(15)27-18(20)21/h7-8,11,13-14,18H,9-10,12H2,1-6H3,(H2,22,23,24). The minimum absolute atomic E-state index is 0.111. The SMILES string of the molecule is CN=C(NCCN(C(C)C)C(C)C)NCc1cc(OC)ccc1OC(F)F. The van der Waals surface area contributed by atoms with Crippen molar-refractivity contribution in [2.24, 2.45) is 4.99 Å². The number of aliphatic imine (C=N–C) groups is 1. The molecule has 0 aliphatic rings. The van der Waals surface area contributed by atoms with E-state index < -0.39 is 6.61 Å². The largest absolute Gasteiger partial charge is 0.497 e. The summed E-state index contributed by atoms with van der Waals surface area (Å²) < 4.78 is 35.0. The van der Waals surface area contributed by atoms with E-state index >= 15 is 0 Å². The molecule has 0 saturated carbocycles. The molecule has 0 atom stereocenters. The lowest BCUT2D eigenvalue weighted by Crippen LogP contribution is -2.45. The molecule has 0 saturated heterocycles. The van der Waals surface area contributed by atoms with E-state index in [0.29, 0.717) is 35.9 Å². The molecule has 0 aliphatic heterocycles. The first-order valence-electron chi connectivity index (χ1n) is 9.10. The van der Waals surface area contributed by atoms with Crippen molar-refractivity contribution < 1.29 is 18.3 Å². The topological polar surface area (TPSA) is 58.1 Å². The third-order valence-corrected chi connectivity index (χ3v) is 4.14. The molecule has 0 aromatic heterocycles. The Labute approximate surface area is 160 Å². The average Bonchev–Trinajstić information content (AvgIpc) is 2.61. The zero-order chi connectivity index (χ0) is 20.4. The zero-order valence-corrected chi connectivity index (χ0v) is 17.1. The van der Waals surface area contributed by atoms with Gasteiger partial charge in [-0.1, -0.05) is 0 Å². The van der Waals surface area contributed by atoms with Gasteiger partial charge in [-0.25, -0.2) is 0 Å². The summed E-state index contributed by atoms with van der Waals surface area (Å²) in [6.45, 7) is 7.65. The van der Waals surface area contributed by atoms with Crippen molar-refractivity contribution in [2.75, 3.05) is 27.2 Å². The second-order valence-electron chi connectivity index (χ2n) is 6.63. The lowest BCUT2D eigenvalue weighted by Gasteiger charge is -2.30. The van der Waals surface area contributed by atoms with Crippen LogP contribution in [0.25, 0.3) is 0 Å². The van der Waals surface area contributed by atoms with Crippen LogP contribution in [0.15, 0.2) is 23.2 Å². The van der Waals surface area contributed by atoms with Gasteiger partial charge in [-0.2, -0.15) is 8.78 Å². The van der Waals surface area contributed by atoms with Crippen LogP contribution in [-0.4, -0.2) is 56.8 Å². The summed E-state index contributed by atoms with van der Waals surface area (Å²) in [6, 6.07) is 5.62. The molecule has 27 heavy (non-hydrogen) atoms. The van der Waals surface area contributed by atoms with Crippen LogP contribution in [0.4, 0.5) is 8.78 Å². The smallest absolute Gasteiger partial charge is 0.387 e. The van der Waals surface area contributed by atoms with Gasteiger partial charge >= 0.3 is 6.61 Å². The molecule has 0 bridgehead atoms. The fraction of sp³-hybridized carbons (Fsp3) is 0.632. The number of rotatable bonds is 10. The molecular weight excluding hydrogens is 354 g/mol. The molecule has 8 heteroatoms. The molecule has 154 valence electrons. The number of halogens is 2. The van der Waals surface area contributed by atoms with Gasteiger partial charge in [0, 0.05) is 44.3 Å². The second-order valence-corrected chi connectivity index (χ2v) is 6.63. The summed E-state index contributed by atoms with van der Waals surface area (Å²) in [4.78, 5) is 6.55. The Hall–Kier alpha value is -2.09. The number of benzene rings is 1. The predicted molar refractivity (Wildman–Crippen MR) is 105 cm³/mol. The van der Waals surface area contributed by atoms with E-state index in [4.69, 9.17) is 4.74 Å². The number of nitrogens with zero attached hydrogens (tertiary/aromatic N) is 2. The Balaban J connectivity index is 2.66. The minimum Gasteiger partial charge on any atom is -0.497 e. The minimum atomic E-state index is -2.88. The molecule has 0 aliphatic carbocycles. The molecule has 1 rings (SSSR count). The Bertz CT molecular complexity index is 587. The first kappa shape index (κ1) is 23.0. The summed E-state index contributed by atoms with van der Waals surface area (Å²) in [5.74, 6) is 1.27. The third-order valence-electron chi connectivity index (χ3n) is 4.14. The number of nitrogens with one attached hydrogen (secondary N) is 2. The summed E-state index contributed by atoms with van der Waals surface area (Å²) in [5, 5.41) is 6.37. The monoisotopic (exact) mass is 386 g/mol. The van der Waals surface area contributed by atoms with Gasteiger partial charge in [0.25, 0.3) is 0 Å². The summed E-state index contributed by atoms with van der Waals surface area (Å²) in [6.07, 6.45) is 0. The van der Waals surface area contributed by atoms with E-state index in [1.54, 1.807) is 19.2 Å². The van der Waals surface area contributed by atoms with Gasteiger partial charge in [-0.05, 0) is 45.9 Å². The van der Waals surface area contributed by atoms with Gasteiger partial charge < -0.3 is 20.1 Å². The van der Waals surface area contributed by atoms with Crippen LogP contribution < -0.4 is 20.1 Å². The maximum atomic E-state index is 12.6. The summed E-state index contributed by atoms with van der Waals surface area (Å²) in [7, 11) is 3.19. The van der Waals surface area contributed by atoms with E-state index in [1.807, 2.05) is 0 Å². The highest BCUT2D eigenvalue weighted by molar-refractivity contribution is 5.79. The Morgan fingerprint density at radius 3 is 2.33 bits per heavy atom. The van der Waals surface area contributed by atoms with Gasteiger partial charge in [0.15, 0.2) is 5.96 Å². The number of alkyl halides is 2. The number of hydrogen-bond acceptors (Lipinski definition) is 4. The maximum absolute atomic E-state index is 12.6. The molecule has 1 aromatic carbocycles. The van der Waals surface area contributed by atoms with Crippen molar-refractivity contribution in [3.63, 3.8) is 0 Å². The molecule has 0 fully saturated rings. The van der Waals surface area contributed by atoms with Gasteiger partial charge in [0.1, 0.15) is 11.5 Å². The van der Waals surface area contributed by atoms with Crippen LogP contribution in [-0.2, 0) is 6.54 Å². The number of ether oxygens (including phenoxy) is 2. The van der Waals surface area contributed by atoms with E-state index in [0.717, 1.165) is 6.54 Å². The lowest BCUT2D eigenvalue weighted by atomic mass is 10.2. The lowest BCUT2D eigenvalue weighted by molar-refractivity contribution is -0.0505. The van der Waals surface area contributed by atoms with E-state index in [1.165, 1.54) is 13.2 Å². The fourth-order valence-electron chi connectivity index (χ4n) is 2.85. The van der Waals surface area contributed by atoms with Crippen LogP contribution in [0.5, 0.6) is 11.5 Å². The number of methoxy groups -OCH3 is 1. The third kappa shape index (κ3) is 7.99.